The summed E-state index contributed by atoms with van der Waals surface area (Å²) in [7, 11) is -6.64. The van der Waals surface area contributed by atoms with Gasteiger partial charge in [-0.05, 0) is 37.1 Å². The zero-order valence-electron chi connectivity index (χ0n) is 16.6. The molecule has 1 aliphatic rings. The van der Waals surface area contributed by atoms with E-state index in [-0.39, 0.29) is 29.5 Å². The minimum absolute atomic E-state index is 0.0440. The van der Waals surface area contributed by atoms with Crippen molar-refractivity contribution in [2.75, 3.05) is 51.3 Å². The van der Waals surface area contributed by atoms with Gasteiger partial charge in [0, 0.05) is 51.9 Å². The summed E-state index contributed by atoms with van der Waals surface area (Å²) in [5.41, 5.74) is 1.91. The molecular weight excluding hydrogens is 402 g/mol. The van der Waals surface area contributed by atoms with E-state index in [0.717, 1.165) is 11.1 Å². The standard InChI is InChI=1S/C18H29N3O5S2/c1-15-4-5-17(14-16(15)2)28(25,26)19-7-6-18(22)21-10-8-20(9-11-21)12-13-27(3,23)24/h4-5,14,19H,6-13H2,1-3H3. The van der Waals surface area contributed by atoms with Crippen LogP contribution in [0.1, 0.15) is 17.5 Å². The number of nitrogens with zero attached hydrogens (tertiary/aromatic N) is 2. The van der Waals surface area contributed by atoms with Crippen molar-refractivity contribution in [1.82, 2.24) is 14.5 Å². The van der Waals surface area contributed by atoms with E-state index in [1.807, 2.05) is 18.7 Å². The van der Waals surface area contributed by atoms with Crippen LogP contribution in [0, 0.1) is 13.8 Å². The van der Waals surface area contributed by atoms with Gasteiger partial charge < -0.3 is 4.90 Å². The Morgan fingerprint density at radius 2 is 1.68 bits per heavy atom. The number of piperazine rings is 1. The highest BCUT2D eigenvalue weighted by Gasteiger charge is 2.22. The van der Waals surface area contributed by atoms with Crippen molar-refractivity contribution >= 4 is 25.8 Å². The molecule has 0 radical (unpaired) electrons. The summed E-state index contributed by atoms with van der Waals surface area (Å²) in [6, 6.07) is 4.94. The molecule has 1 aromatic carbocycles. The summed E-state index contributed by atoms with van der Waals surface area (Å²) in [6.45, 7) is 6.56. The Balaban J connectivity index is 1.77. The van der Waals surface area contributed by atoms with Gasteiger partial charge in [0.1, 0.15) is 9.84 Å². The second-order valence-corrected chi connectivity index (χ2v) is 11.3. The van der Waals surface area contributed by atoms with E-state index >= 15 is 0 Å². The average Bonchev–Trinajstić information content (AvgIpc) is 2.61. The molecule has 8 nitrogen and oxygen atoms in total. The topological polar surface area (TPSA) is 104 Å². The average molecular weight is 432 g/mol. The summed E-state index contributed by atoms with van der Waals surface area (Å²) in [6.07, 6.45) is 1.30. The van der Waals surface area contributed by atoms with Gasteiger partial charge in [-0.15, -0.1) is 0 Å². The zero-order chi connectivity index (χ0) is 20.9. The Bertz CT molecular complexity index is 905. The molecule has 0 spiro atoms. The van der Waals surface area contributed by atoms with Crippen molar-refractivity contribution in [2.45, 2.75) is 25.2 Å². The fraction of sp³-hybridized carbons (Fsp3) is 0.611. The largest absolute Gasteiger partial charge is 0.340 e. The lowest BCUT2D eigenvalue weighted by Crippen LogP contribution is -2.50. The number of carbonyl (C=O) groups is 1. The highest BCUT2D eigenvalue weighted by Crippen LogP contribution is 2.14. The van der Waals surface area contributed by atoms with E-state index in [1.165, 1.54) is 6.26 Å². The quantitative estimate of drug-likeness (QED) is 0.629. The molecule has 0 unspecified atom stereocenters. The number of amides is 1. The van der Waals surface area contributed by atoms with Gasteiger partial charge >= 0.3 is 0 Å². The predicted molar refractivity (Wildman–Crippen MR) is 108 cm³/mol. The van der Waals surface area contributed by atoms with E-state index in [9.17, 15) is 21.6 Å². The predicted octanol–water partition coefficient (Wildman–Crippen LogP) is 0.161. The fourth-order valence-corrected chi connectivity index (χ4v) is 4.64. The molecule has 0 saturated carbocycles. The summed E-state index contributed by atoms with van der Waals surface area (Å²) >= 11 is 0. The minimum atomic E-state index is -3.64. The van der Waals surface area contributed by atoms with E-state index in [4.69, 9.17) is 0 Å². The maximum Gasteiger partial charge on any atom is 0.240 e. The summed E-state index contributed by atoms with van der Waals surface area (Å²) < 4.78 is 49.7. The first kappa shape index (κ1) is 22.8. The second kappa shape index (κ2) is 9.34. The molecule has 1 N–H and O–H groups in total. The molecule has 0 aromatic heterocycles. The third kappa shape index (κ3) is 6.84. The van der Waals surface area contributed by atoms with Crippen LogP contribution in [0.4, 0.5) is 0 Å². The van der Waals surface area contributed by atoms with Crippen LogP contribution in [-0.4, -0.2) is 83.8 Å². The molecule has 28 heavy (non-hydrogen) atoms. The lowest BCUT2D eigenvalue weighted by molar-refractivity contribution is -0.132. The molecular formula is C18H29N3O5S2. The van der Waals surface area contributed by atoms with Crippen LogP contribution >= 0.6 is 0 Å². The van der Waals surface area contributed by atoms with Gasteiger partial charge in [-0.25, -0.2) is 21.6 Å². The monoisotopic (exact) mass is 431 g/mol. The Labute approximate surface area is 167 Å². The van der Waals surface area contributed by atoms with Crippen LogP contribution in [0.25, 0.3) is 0 Å². The highest BCUT2D eigenvalue weighted by atomic mass is 32.2. The number of nitrogens with one attached hydrogen (secondary N) is 1. The molecule has 1 aliphatic heterocycles. The molecule has 158 valence electrons. The zero-order valence-corrected chi connectivity index (χ0v) is 18.3. The molecule has 0 bridgehead atoms. The number of sulfonamides is 1. The van der Waals surface area contributed by atoms with Crippen LogP contribution in [0.3, 0.4) is 0 Å². The van der Waals surface area contributed by atoms with E-state index in [2.05, 4.69) is 4.72 Å². The Morgan fingerprint density at radius 1 is 1.04 bits per heavy atom. The van der Waals surface area contributed by atoms with Crippen LogP contribution in [0.5, 0.6) is 0 Å². The molecule has 1 aromatic rings. The number of hydrogen-bond donors (Lipinski definition) is 1. The lowest BCUT2D eigenvalue weighted by atomic mass is 10.1. The lowest BCUT2D eigenvalue weighted by Gasteiger charge is -2.34. The number of hydrogen-bond acceptors (Lipinski definition) is 6. The molecule has 0 aliphatic carbocycles. The minimum Gasteiger partial charge on any atom is -0.340 e. The number of rotatable bonds is 8. The third-order valence-corrected chi connectivity index (χ3v) is 7.31. The van der Waals surface area contributed by atoms with Crippen molar-refractivity contribution in [1.29, 1.82) is 0 Å². The Kier molecular flexibility index (Phi) is 7.60. The SMILES string of the molecule is Cc1ccc(S(=O)(=O)NCCC(=O)N2CCN(CCS(C)(=O)=O)CC2)cc1C. The van der Waals surface area contributed by atoms with Crippen molar-refractivity contribution in [3.05, 3.63) is 29.3 Å². The second-order valence-electron chi connectivity index (χ2n) is 7.25. The summed E-state index contributed by atoms with van der Waals surface area (Å²) in [5.74, 6) is 0.00634. The number of benzene rings is 1. The molecule has 10 heteroatoms. The normalized spacial score (nSPS) is 16.3. The number of carbonyl (C=O) groups excluding carboxylic acids is 1. The van der Waals surface area contributed by atoms with Gasteiger partial charge in [-0.2, -0.15) is 0 Å². The van der Waals surface area contributed by atoms with Crippen molar-refractivity contribution in [2.24, 2.45) is 0 Å². The van der Waals surface area contributed by atoms with Crippen LogP contribution in [-0.2, 0) is 24.7 Å². The fourth-order valence-electron chi connectivity index (χ4n) is 2.93. The Hall–Kier alpha value is -1.49. The smallest absolute Gasteiger partial charge is 0.240 e. The van der Waals surface area contributed by atoms with E-state index in [1.54, 1.807) is 23.1 Å². The first-order valence-electron chi connectivity index (χ1n) is 9.23. The third-order valence-electron chi connectivity index (χ3n) is 4.92. The van der Waals surface area contributed by atoms with Gasteiger partial charge in [0.05, 0.1) is 10.6 Å². The highest BCUT2D eigenvalue weighted by molar-refractivity contribution is 7.90. The molecule has 1 saturated heterocycles. The summed E-state index contributed by atoms with van der Waals surface area (Å²) in [4.78, 5) is 16.2. The van der Waals surface area contributed by atoms with E-state index in [0.29, 0.717) is 32.7 Å². The summed E-state index contributed by atoms with van der Waals surface area (Å²) in [5, 5.41) is 0. The van der Waals surface area contributed by atoms with Gasteiger partial charge in [0.15, 0.2) is 0 Å². The molecule has 1 amide bonds. The van der Waals surface area contributed by atoms with Crippen LogP contribution < -0.4 is 4.72 Å². The molecule has 1 fully saturated rings. The van der Waals surface area contributed by atoms with Crippen molar-refractivity contribution in [3.8, 4) is 0 Å². The van der Waals surface area contributed by atoms with Crippen LogP contribution in [0.15, 0.2) is 23.1 Å². The molecule has 1 heterocycles. The van der Waals surface area contributed by atoms with Gasteiger partial charge in [0.2, 0.25) is 15.9 Å². The van der Waals surface area contributed by atoms with E-state index < -0.39 is 19.9 Å². The van der Waals surface area contributed by atoms with Crippen molar-refractivity contribution < 1.29 is 21.6 Å². The number of aryl methyl sites for hydroxylation is 2. The first-order valence-corrected chi connectivity index (χ1v) is 12.8. The van der Waals surface area contributed by atoms with Gasteiger partial charge in [0.25, 0.3) is 0 Å². The molecule has 2 rings (SSSR count). The van der Waals surface area contributed by atoms with Crippen molar-refractivity contribution in [3.63, 3.8) is 0 Å². The molecule has 0 atom stereocenters. The maximum absolute atomic E-state index is 12.4. The first-order chi connectivity index (χ1) is 13.0. The maximum atomic E-state index is 12.4. The Morgan fingerprint density at radius 3 is 2.25 bits per heavy atom. The van der Waals surface area contributed by atoms with Gasteiger partial charge in [-0.1, -0.05) is 6.07 Å². The van der Waals surface area contributed by atoms with Crippen LogP contribution in [0.2, 0.25) is 0 Å². The van der Waals surface area contributed by atoms with Gasteiger partial charge in [-0.3, -0.25) is 9.69 Å². The number of sulfone groups is 1.